The Morgan fingerprint density at radius 3 is 2.16 bits per heavy atom. The van der Waals surface area contributed by atoms with Crippen LogP contribution in [0.3, 0.4) is 0 Å². The second-order valence-electron chi connectivity index (χ2n) is 7.16. The van der Waals surface area contributed by atoms with Crippen molar-refractivity contribution in [3.8, 4) is 0 Å². The van der Waals surface area contributed by atoms with Crippen LogP contribution in [0.5, 0.6) is 0 Å². The van der Waals surface area contributed by atoms with Crippen molar-refractivity contribution in [1.29, 1.82) is 0 Å². The van der Waals surface area contributed by atoms with E-state index in [1.165, 1.54) is 6.07 Å². The number of hydrogen-bond donors (Lipinski definition) is 1. The SMILES string of the molecule is Cc1ccc(C(NC(=O)CN(c2cccc(Cl)c2Cl)S(C)(=O)=O)c2ccccc2)cc1. The summed E-state index contributed by atoms with van der Waals surface area (Å²) in [6.07, 6.45) is 1.02. The Hall–Kier alpha value is -2.54. The fourth-order valence-electron chi connectivity index (χ4n) is 3.17. The summed E-state index contributed by atoms with van der Waals surface area (Å²) >= 11 is 12.3. The Bertz CT molecular complexity index is 1170. The molecule has 3 aromatic rings. The Labute approximate surface area is 192 Å². The first kappa shape index (κ1) is 23.1. The quantitative estimate of drug-likeness (QED) is 0.523. The van der Waals surface area contributed by atoms with Crippen LogP contribution in [0.4, 0.5) is 5.69 Å². The van der Waals surface area contributed by atoms with Gasteiger partial charge in [-0.1, -0.05) is 89.4 Å². The summed E-state index contributed by atoms with van der Waals surface area (Å²) in [5, 5.41) is 3.23. The predicted octanol–water partition coefficient (Wildman–Crippen LogP) is 4.97. The number of carbonyl (C=O) groups excluding carboxylic acids is 1. The molecule has 0 aromatic heterocycles. The number of anilines is 1. The number of sulfonamides is 1. The van der Waals surface area contributed by atoms with Crippen LogP contribution in [-0.4, -0.2) is 27.1 Å². The highest BCUT2D eigenvalue weighted by Crippen LogP contribution is 2.33. The first-order chi connectivity index (χ1) is 14.7. The highest BCUT2D eigenvalue weighted by molar-refractivity contribution is 7.92. The molecule has 0 fully saturated rings. The molecular weight excluding hydrogens is 455 g/mol. The van der Waals surface area contributed by atoms with Crippen molar-refractivity contribution >= 4 is 44.8 Å². The van der Waals surface area contributed by atoms with Gasteiger partial charge in [0.25, 0.3) is 0 Å². The summed E-state index contributed by atoms with van der Waals surface area (Å²) in [6.45, 7) is 1.55. The van der Waals surface area contributed by atoms with Crippen molar-refractivity contribution in [2.45, 2.75) is 13.0 Å². The van der Waals surface area contributed by atoms with E-state index in [9.17, 15) is 13.2 Å². The molecule has 162 valence electrons. The molecule has 1 N–H and O–H groups in total. The maximum atomic E-state index is 13.0. The normalized spacial score (nSPS) is 12.3. The van der Waals surface area contributed by atoms with E-state index in [0.29, 0.717) is 0 Å². The molecule has 0 saturated heterocycles. The zero-order valence-electron chi connectivity index (χ0n) is 17.0. The van der Waals surface area contributed by atoms with E-state index in [4.69, 9.17) is 23.2 Å². The number of nitrogens with one attached hydrogen (secondary N) is 1. The number of amides is 1. The molecule has 1 unspecified atom stereocenters. The molecule has 5 nitrogen and oxygen atoms in total. The van der Waals surface area contributed by atoms with E-state index >= 15 is 0 Å². The Morgan fingerprint density at radius 1 is 0.935 bits per heavy atom. The van der Waals surface area contributed by atoms with Gasteiger partial charge in [0.05, 0.1) is 28.0 Å². The van der Waals surface area contributed by atoms with Gasteiger partial charge in [-0.05, 0) is 30.2 Å². The monoisotopic (exact) mass is 476 g/mol. The van der Waals surface area contributed by atoms with Gasteiger partial charge >= 0.3 is 0 Å². The predicted molar refractivity (Wildman–Crippen MR) is 126 cm³/mol. The van der Waals surface area contributed by atoms with Gasteiger partial charge < -0.3 is 5.32 Å². The van der Waals surface area contributed by atoms with Gasteiger partial charge in [0.2, 0.25) is 15.9 Å². The fourth-order valence-corrected chi connectivity index (χ4v) is 4.48. The van der Waals surface area contributed by atoms with Gasteiger partial charge in [0.1, 0.15) is 6.54 Å². The molecule has 0 bridgehead atoms. The van der Waals surface area contributed by atoms with E-state index in [1.54, 1.807) is 12.1 Å². The molecule has 31 heavy (non-hydrogen) atoms. The number of benzene rings is 3. The van der Waals surface area contributed by atoms with Crippen LogP contribution in [0.25, 0.3) is 0 Å². The van der Waals surface area contributed by atoms with Crippen LogP contribution >= 0.6 is 23.2 Å². The van der Waals surface area contributed by atoms with Crippen LogP contribution < -0.4 is 9.62 Å². The number of aryl methyl sites for hydroxylation is 1. The van der Waals surface area contributed by atoms with Crippen molar-refractivity contribution in [2.75, 3.05) is 17.1 Å². The maximum absolute atomic E-state index is 13.0. The summed E-state index contributed by atoms with van der Waals surface area (Å²) in [6, 6.07) is 21.5. The average Bonchev–Trinajstić information content (AvgIpc) is 2.73. The second kappa shape index (κ2) is 9.73. The molecule has 3 rings (SSSR count). The van der Waals surface area contributed by atoms with Crippen LogP contribution in [-0.2, 0) is 14.8 Å². The molecule has 0 aliphatic rings. The number of rotatable bonds is 7. The van der Waals surface area contributed by atoms with E-state index in [0.717, 1.165) is 27.3 Å². The first-order valence-corrected chi connectivity index (χ1v) is 12.1. The molecule has 0 saturated carbocycles. The third-order valence-electron chi connectivity index (χ3n) is 4.74. The minimum atomic E-state index is -3.79. The lowest BCUT2D eigenvalue weighted by molar-refractivity contribution is -0.120. The van der Waals surface area contributed by atoms with Gasteiger partial charge in [-0.15, -0.1) is 0 Å². The highest BCUT2D eigenvalue weighted by Gasteiger charge is 2.25. The Balaban J connectivity index is 1.91. The summed E-state index contributed by atoms with van der Waals surface area (Å²) in [5.74, 6) is -0.476. The largest absolute Gasteiger partial charge is 0.344 e. The first-order valence-electron chi connectivity index (χ1n) is 9.49. The molecular formula is C23H22Cl2N2O3S. The molecule has 1 atom stereocenters. The summed E-state index contributed by atoms with van der Waals surface area (Å²) < 4.78 is 25.8. The number of hydrogen-bond acceptors (Lipinski definition) is 3. The van der Waals surface area contributed by atoms with Crippen molar-refractivity contribution in [3.05, 3.63) is 99.5 Å². The second-order valence-corrected chi connectivity index (χ2v) is 9.86. The fraction of sp³-hybridized carbons (Fsp3) is 0.174. The van der Waals surface area contributed by atoms with Crippen LogP contribution in [0.15, 0.2) is 72.8 Å². The summed E-state index contributed by atoms with van der Waals surface area (Å²) in [5.41, 5.74) is 3.02. The molecule has 0 spiro atoms. The molecule has 0 aliphatic carbocycles. The Kier molecular flexibility index (Phi) is 7.26. The molecule has 8 heteroatoms. The van der Waals surface area contributed by atoms with Crippen LogP contribution in [0.2, 0.25) is 10.0 Å². The average molecular weight is 477 g/mol. The number of halogens is 2. The molecule has 0 radical (unpaired) electrons. The van der Waals surface area contributed by atoms with Gasteiger partial charge in [-0.3, -0.25) is 9.10 Å². The van der Waals surface area contributed by atoms with E-state index < -0.39 is 28.5 Å². The number of carbonyl (C=O) groups is 1. The number of nitrogens with zero attached hydrogens (tertiary/aromatic N) is 1. The van der Waals surface area contributed by atoms with Crippen molar-refractivity contribution in [1.82, 2.24) is 5.32 Å². The lowest BCUT2D eigenvalue weighted by Crippen LogP contribution is -2.42. The lowest BCUT2D eigenvalue weighted by atomic mass is 9.98. The topological polar surface area (TPSA) is 66.5 Å². The minimum Gasteiger partial charge on any atom is -0.344 e. The van der Waals surface area contributed by atoms with Gasteiger partial charge in [-0.25, -0.2) is 8.42 Å². The van der Waals surface area contributed by atoms with Crippen molar-refractivity contribution < 1.29 is 13.2 Å². The van der Waals surface area contributed by atoms with Gasteiger partial charge in [0, 0.05) is 0 Å². The lowest BCUT2D eigenvalue weighted by Gasteiger charge is -2.25. The van der Waals surface area contributed by atoms with Crippen molar-refractivity contribution in [3.63, 3.8) is 0 Å². The summed E-state index contributed by atoms with van der Waals surface area (Å²) in [4.78, 5) is 13.0. The van der Waals surface area contributed by atoms with Crippen molar-refractivity contribution in [2.24, 2.45) is 0 Å². The summed E-state index contributed by atoms with van der Waals surface area (Å²) in [7, 11) is -3.79. The van der Waals surface area contributed by atoms with Gasteiger partial charge in [-0.2, -0.15) is 0 Å². The molecule has 0 aliphatic heterocycles. The third kappa shape index (κ3) is 5.79. The zero-order chi connectivity index (χ0) is 22.6. The van der Waals surface area contributed by atoms with E-state index in [2.05, 4.69) is 5.32 Å². The molecule has 0 heterocycles. The molecule has 3 aromatic carbocycles. The standard InChI is InChI=1S/C23H22Cl2N2O3S/c1-16-11-13-18(14-12-16)23(17-7-4-3-5-8-17)26-21(28)15-27(31(2,29)30)20-10-6-9-19(24)22(20)25/h3-14,23H,15H2,1-2H3,(H,26,28). The van der Waals surface area contributed by atoms with Gasteiger partial charge in [0.15, 0.2) is 0 Å². The third-order valence-corrected chi connectivity index (χ3v) is 6.67. The maximum Gasteiger partial charge on any atom is 0.241 e. The van der Waals surface area contributed by atoms with Crippen LogP contribution in [0, 0.1) is 6.92 Å². The van der Waals surface area contributed by atoms with E-state index in [1.807, 2.05) is 61.5 Å². The minimum absolute atomic E-state index is 0.0699. The molecule has 1 amide bonds. The smallest absolute Gasteiger partial charge is 0.241 e. The van der Waals surface area contributed by atoms with Crippen LogP contribution in [0.1, 0.15) is 22.7 Å². The highest BCUT2D eigenvalue weighted by atomic mass is 35.5. The Morgan fingerprint density at radius 2 is 1.55 bits per heavy atom. The zero-order valence-corrected chi connectivity index (χ0v) is 19.4. The van der Waals surface area contributed by atoms with E-state index in [-0.39, 0.29) is 15.7 Å².